The van der Waals surface area contributed by atoms with Crippen LogP contribution in [0, 0.1) is 0 Å². The van der Waals surface area contributed by atoms with Crippen LogP contribution in [0.1, 0.15) is 38.6 Å². The first-order valence-electron chi connectivity index (χ1n) is 7.14. The zero-order chi connectivity index (χ0) is 15.2. The van der Waals surface area contributed by atoms with E-state index in [0.717, 1.165) is 5.65 Å². The Labute approximate surface area is 123 Å². The molecule has 0 saturated heterocycles. The first kappa shape index (κ1) is 15.2. The van der Waals surface area contributed by atoms with Crippen LogP contribution in [0.2, 0.25) is 0 Å². The average molecular weight is 291 g/mol. The molecule has 0 radical (unpaired) electrons. The van der Waals surface area contributed by atoms with Gasteiger partial charge in [-0.05, 0) is 31.9 Å². The molecule has 0 saturated carbocycles. The van der Waals surface area contributed by atoms with Crippen molar-refractivity contribution in [3.63, 3.8) is 0 Å². The van der Waals surface area contributed by atoms with Crippen molar-refractivity contribution >= 4 is 11.7 Å². The number of hydrogen-bond donors (Lipinski definition) is 3. The van der Waals surface area contributed by atoms with Gasteiger partial charge in [0.05, 0.1) is 12.1 Å². The molecule has 2 amide bonds. The van der Waals surface area contributed by atoms with Crippen LogP contribution in [0.5, 0.6) is 0 Å². The fraction of sp³-hybridized carbons (Fsp3) is 0.500. The van der Waals surface area contributed by atoms with Gasteiger partial charge in [0, 0.05) is 12.7 Å². The number of nitrogens with zero attached hydrogens (tertiary/aromatic N) is 3. The number of nitrogens with one attached hydrogen (secondary N) is 2. The van der Waals surface area contributed by atoms with Crippen molar-refractivity contribution in [3.05, 3.63) is 30.2 Å². The Morgan fingerprint density at radius 1 is 1.43 bits per heavy atom. The summed E-state index contributed by atoms with van der Waals surface area (Å²) in [5.41, 5.74) is 0.743. The minimum Gasteiger partial charge on any atom is -0.393 e. The van der Waals surface area contributed by atoms with Gasteiger partial charge in [0.25, 0.3) is 0 Å². The lowest BCUT2D eigenvalue weighted by Gasteiger charge is -2.14. The molecule has 2 aromatic rings. The van der Waals surface area contributed by atoms with Crippen LogP contribution in [-0.4, -0.2) is 38.4 Å². The lowest BCUT2D eigenvalue weighted by atomic mass is 10.2. The van der Waals surface area contributed by atoms with Gasteiger partial charge in [-0.3, -0.25) is 4.40 Å². The Bertz CT molecular complexity index is 598. The van der Waals surface area contributed by atoms with E-state index in [1.54, 1.807) is 0 Å². The number of rotatable bonds is 6. The van der Waals surface area contributed by atoms with Crippen molar-refractivity contribution in [2.75, 3.05) is 6.54 Å². The lowest BCUT2D eigenvalue weighted by molar-refractivity contribution is 0.160. The maximum absolute atomic E-state index is 11.8. The van der Waals surface area contributed by atoms with Gasteiger partial charge in [0.2, 0.25) is 0 Å². The van der Waals surface area contributed by atoms with Crippen molar-refractivity contribution in [2.24, 2.45) is 0 Å². The van der Waals surface area contributed by atoms with Crippen LogP contribution >= 0.6 is 0 Å². The van der Waals surface area contributed by atoms with E-state index in [1.807, 2.05) is 42.6 Å². The third-order valence-corrected chi connectivity index (χ3v) is 3.31. The van der Waals surface area contributed by atoms with Gasteiger partial charge < -0.3 is 15.7 Å². The van der Waals surface area contributed by atoms with Gasteiger partial charge in [0.15, 0.2) is 11.5 Å². The summed E-state index contributed by atoms with van der Waals surface area (Å²) in [6.07, 6.45) is 2.72. The number of urea groups is 1. The third kappa shape index (κ3) is 3.91. The molecule has 114 valence electrons. The molecule has 7 nitrogen and oxygen atoms in total. The van der Waals surface area contributed by atoms with Gasteiger partial charge in [-0.2, -0.15) is 0 Å². The zero-order valence-corrected chi connectivity index (χ0v) is 12.3. The number of carbonyl (C=O) groups is 1. The summed E-state index contributed by atoms with van der Waals surface area (Å²) >= 11 is 0. The second-order valence-electron chi connectivity index (χ2n) is 4.96. The monoisotopic (exact) mass is 291 g/mol. The number of pyridine rings is 1. The number of aliphatic hydroxyl groups excluding tert-OH is 1. The number of fused-ring (bicyclic) bond motifs is 1. The van der Waals surface area contributed by atoms with Crippen molar-refractivity contribution < 1.29 is 9.90 Å². The molecule has 7 heteroatoms. The van der Waals surface area contributed by atoms with E-state index in [2.05, 4.69) is 20.8 Å². The van der Waals surface area contributed by atoms with Crippen LogP contribution in [0.4, 0.5) is 4.79 Å². The number of hydrogen-bond acceptors (Lipinski definition) is 4. The van der Waals surface area contributed by atoms with Crippen molar-refractivity contribution in [1.29, 1.82) is 0 Å². The van der Waals surface area contributed by atoms with E-state index in [0.29, 0.717) is 25.2 Å². The van der Waals surface area contributed by atoms with Gasteiger partial charge in [-0.1, -0.05) is 13.0 Å². The molecule has 0 bridgehead atoms. The van der Waals surface area contributed by atoms with Crippen LogP contribution in [0.15, 0.2) is 24.4 Å². The summed E-state index contributed by atoms with van der Waals surface area (Å²) in [7, 11) is 0. The first-order valence-corrected chi connectivity index (χ1v) is 7.14. The molecule has 3 N–H and O–H groups in total. The largest absolute Gasteiger partial charge is 0.393 e. The Kier molecular flexibility index (Phi) is 5.10. The van der Waals surface area contributed by atoms with Gasteiger partial charge in [0.1, 0.15) is 0 Å². The minimum atomic E-state index is -0.372. The zero-order valence-electron chi connectivity index (χ0n) is 12.3. The summed E-state index contributed by atoms with van der Waals surface area (Å²) in [6, 6.07) is 5.09. The molecule has 2 aromatic heterocycles. The summed E-state index contributed by atoms with van der Waals surface area (Å²) in [5.74, 6) is 0.675. The van der Waals surface area contributed by atoms with E-state index in [1.165, 1.54) is 0 Å². The second-order valence-corrected chi connectivity index (χ2v) is 4.96. The highest BCUT2D eigenvalue weighted by Crippen LogP contribution is 2.11. The molecule has 2 heterocycles. The SMILES string of the molecule is CCC(O)CCNC(=O)NC(C)c1nnc2ccccn12. The summed E-state index contributed by atoms with van der Waals surface area (Å²) in [5, 5.41) is 23.1. The summed E-state index contributed by atoms with van der Waals surface area (Å²) in [6.45, 7) is 4.20. The highest BCUT2D eigenvalue weighted by molar-refractivity contribution is 5.74. The number of aliphatic hydroxyl groups is 1. The van der Waals surface area contributed by atoms with Gasteiger partial charge in [-0.25, -0.2) is 4.79 Å². The normalized spacial score (nSPS) is 13.9. The van der Waals surface area contributed by atoms with Crippen LogP contribution < -0.4 is 10.6 Å². The predicted octanol–water partition coefficient (Wildman–Crippen LogP) is 1.25. The van der Waals surface area contributed by atoms with E-state index < -0.39 is 0 Å². The van der Waals surface area contributed by atoms with Crippen LogP contribution in [0.25, 0.3) is 5.65 Å². The highest BCUT2D eigenvalue weighted by Gasteiger charge is 2.15. The smallest absolute Gasteiger partial charge is 0.315 e. The van der Waals surface area contributed by atoms with Crippen LogP contribution in [0.3, 0.4) is 0 Å². The molecule has 2 atom stereocenters. The van der Waals surface area contributed by atoms with Gasteiger partial charge >= 0.3 is 6.03 Å². The second kappa shape index (κ2) is 7.03. The highest BCUT2D eigenvalue weighted by atomic mass is 16.3. The average Bonchev–Trinajstić information content (AvgIpc) is 2.91. The molecule has 2 unspecified atom stereocenters. The third-order valence-electron chi connectivity index (χ3n) is 3.31. The molecular formula is C14H21N5O2. The molecule has 0 aromatic carbocycles. The van der Waals surface area contributed by atoms with Crippen molar-refractivity contribution in [3.8, 4) is 0 Å². The summed E-state index contributed by atoms with van der Waals surface area (Å²) < 4.78 is 1.84. The molecule has 0 aliphatic heterocycles. The van der Waals surface area contributed by atoms with E-state index in [-0.39, 0.29) is 18.2 Å². The van der Waals surface area contributed by atoms with E-state index >= 15 is 0 Å². The number of amides is 2. The molecule has 2 rings (SSSR count). The molecular weight excluding hydrogens is 270 g/mol. The molecule has 21 heavy (non-hydrogen) atoms. The lowest BCUT2D eigenvalue weighted by Crippen LogP contribution is -2.38. The Hall–Kier alpha value is -2.15. The molecule has 0 fully saturated rings. The minimum absolute atomic E-state index is 0.265. The fourth-order valence-corrected chi connectivity index (χ4v) is 2.02. The number of carbonyl (C=O) groups excluding carboxylic acids is 1. The Morgan fingerprint density at radius 2 is 2.24 bits per heavy atom. The quantitative estimate of drug-likeness (QED) is 0.747. The molecule has 0 aliphatic carbocycles. The maximum Gasteiger partial charge on any atom is 0.315 e. The van der Waals surface area contributed by atoms with Crippen molar-refractivity contribution in [2.45, 2.75) is 38.8 Å². The maximum atomic E-state index is 11.8. The van der Waals surface area contributed by atoms with E-state index in [9.17, 15) is 9.90 Å². The molecule has 0 spiro atoms. The predicted molar refractivity (Wildman–Crippen MR) is 78.9 cm³/mol. The van der Waals surface area contributed by atoms with Gasteiger partial charge in [-0.15, -0.1) is 10.2 Å². The van der Waals surface area contributed by atoms with Crippen LogP contribution in [-0.2, 0) is 0 Å². The number of aromatic nitrogens is 3. The van der Waals surface area contributed by atoms with Crippen molar-refractivity contribution in [1.82, 2.24) is 25.2 Å². The summed E-state index contributed by atoms with van der Waals surface area (Å²) in [4.78, 5) is 11.8. The molecule has 0 aliphatic rings. The topological polar surface area (TPSA) is 91.5 Å². The first-order chi connectivity index (χ1) is 10.1. The Morgan fingerprint density at radius 3 is 3.00 bits per heavy atom. The fourth-order valence-electron chi connectivity index (χ4n) is 2.02. The Balaban J connectivity index is 1.89. The van der Waals surface area contributed by atoms with E-state index in [4.69, 9.17) is 0 Å². The standard InChI is InChI=1S/C14H21N5O2/c1-3-11(20)7-8-15-14(21)16-10(2)13-18-17-12-6-4-5-9-19(12)13/h4-6,9-11,20H,3,7-8H2,1-2H3,(H2,15,16,21).